The van der Waals surface area contributed by atoms with Gasteiger partial charge in [0, 0.05) is 50.8 Å². The number of amides is 2. The van der Waals surface area contributed by atoms with Crippen LogP contribution >= 0.6 is 0 Å². The molecule has 0 radical (unpaired) electrons. The molecule has 3 heterocycles. The summed E-state index contributed by atoms with van der Waals surface area (Å²) in [5, 5.41) is 13.3. The Morgan fingerprint density at radius 1 is 1.48 bits per heavy atom. The van der Waals surface area contributed by atoms with Crippen LogP contribution in [0.4, 0.5) is 4.79 Å². The predicted octanol–water partition coefficient (Wildman–Crippen LogP) is 0.460. The van der Waals surface area contributed by atoms with Crippen molar-refractivity contribution in [2.24, 2.45) is 18.7 Å². The van der Waals surface area contributed by atoms with E-state index in [4.69, 9.17) is 11.0 Å². The second kappa shape index (κ2) is 5.28. The summed E-state index contributed by atoms with van der Waals surface area (Å²) in [6.45, 7) is 2.16. The minimum absolute atomic E-state index is 0.0741. The third-order valence-corrected chi connectivity index (χ3v) is 4.74. The molecule has 2 aliphatic heterocycles. The average molecular weight is 288 g/mol. The molecule has 2 aliphatic rings. The number of nitrogens with zero attached hydrogens (tertiary/aromatic N) is 5. The summed E-state index contributed by atoms with van der Waals surface area (Å²) in [5.74, 6) is 0.555. The van der Waals surface area contributed by atoms with Crippen LogP contribution in [0.25, 0.3) is 0 Å². The molecule has 2 amide bonds. The Morgan fingerprint density at radius 2 is 2.29 bits per heavy atom. The van der Waals surface area contributed by atoms with Gasteiger partial charge in [-0.1, -0.05) is 0 Å². The Hall–Kier alpha value is -2.23. The number of aromatic nitrogens is 2. The van der Waals surface area contributed by atoms with Gasteiger partial charge < -0.3 is 15.5 Å². The summed E-state index contributed by atoms with van der Waals surface area (Å²) in [5.41, 5.74) is 6.71. The van der Waals surface area contributed by atoms with Gasteiger partial charge in [-0.15, -0.1) is 0 Å². The molecule has 2 N–H and O–H groups in total. The lowest BCUT2D eigenvalue weighted by Crippen LogP contribution is -2.45. The largest absolute Gasteiger partial charge is 0.351 e. The maximum absolute atomic E-state index is 11.8. The smallest absolute Gasteiger partial charge is 0.315 e. The van der Waals surface area contributed by atoms with Crippen LogP contribution in [0.3, 0.4) is 0 Å². The summed E-state index contributed by atoms with van der Waals surface area (Å²) >= 11 is 0. The average Bonchev–Trinajstić information content (AvgIpc) is 3.15. The van der Waals surface area contributed by atoms with Gasteiger partial charge in [-0.3, -0.25) is 4.68 Å². The van der Waals surface area contributed by atoms with Gasteiger partial charge in [0.2, 0.25) is 0 Å². The van der Waals surface area contributed by atoms with Crippen molar-refractivity contribution in [1.29, 1.82) is 5.26 Å². The first kappa shape index (κ1) is 13.7. The zero-order valence-corrected chi connectivity index (χ0v) is 12.1. The molecule has 1 aromatic heterocycles. The molecule has 2 fully saturated rings. The first-order valence-electron chi connectivity index (χ1n) is 7.29. The molecule has 0 aliphatic carbocycles. The van der Waals surface area contributed by atoms with E-state index in [1.165, 1.54) is 0 Å². The predicted molar refractivity (Wildman–Crippen MR) is 75.9 cm³/mol. The maximum atomic E-state index is 11.8. The van der Waals surface area contributed by atoms with Gasteiger partial charge in [-0.05, 0) is 18.4 Å². The monoisotopic (exact) mass is 288 g/mol. The van der Waals surface area contributed by atoms with Crippen molar-refractivity contribution < 1.29 is 4.79 Å². The second-order valence-electron chi connectivity index (χ2n) is 5.96. The fraction of sp³-hybridized carbons (Fsp3) is 0.643. The van der Waals surface area contributed by atoms with Gasteiger partial charge in [-0.25, -0.2) is 4.79 Å². The molecule has 0 aromatic carbocycles. The van der Waals surface area contributed by atoms with Crippen molar-refractivity contribution in [1.82, 2.24) is 19.6 Å². The van der Waals surface area contributed by atoms with E-state index in [1.807, 2.05) is 19.4 Å². The second-order valence-corrected chi connectivity index (χ2v) is 5.96. The number of carbonyl (C=O) groups is 1. The van der Waals surface area contributed by atoms with E-state index in [2.05, 4.69) is 11.3 Å². The number of primary amides is 1. The van der Waals surface area contributed by atoms with E-state index < -0.39 is 0 Å². The minimum Gasteiger partial charge on any atom is -0.351 e. The highest BCUT2D eigenvalue weighted by atomic mass is 16.2. The molecule has 2 saturated heterocycles. The molecule has 3 atom stereocenters. The lowest BCUT2D eigenvalue weighted by atomic mass is 9.85. The Labute approximate surface area is 123 Å². The van der Waals surface area contributed by atoms with Crippen molar-refractivity contribution in [2.75, 3.05) is 19.6 Å². The molecule has 7 nitrogen and oxygen atoms in total. The number of nitrogens with two attached hydrogens (primary N) is 1. The standard InChI is InChI=1S/C14H20N6O/c1-18-7-11(6-17-18)12-3-5-20(14(16)21)13(12)10-2-4-19(8-10)9-15/h6-7,10,12-13H,2-5,8H2,1H3,(H2,16,21)/t10-,12?,13?/m1/s1. The Kier molecular flexibility index (Phi) is 3.45. The summed E-state index contributed by atoms with van der Waals surface area (Å²) in [7, 11) is 1.90. The summed E-state index contributed by atoms with van der Waals surface area (Å²) in [4.78, 5) is 15.3. The molecular formula is C14H20N6O. The number of hydrogen-bond donors (Lipinski definition) is 1. The molecular weight excluding hydrogens is 268 g/mol. The molecule has 0 spiro atoms. The lowest BCUT2D eigenvalue weighted by Gasteiger charge is -2.31. The SMILES string of the molecule is Cn1cc(C2CCN(C(N)=O)C2[C@@H]2CCN(C#N)C2)cn1. The van der Waals surface area contributed by atoms with Gasteiger partial charge in [0.15, 0.2) is 6.19 Å². The van der Waals surface area contributed by atoms with Crippen LogP contribution in [-0.2, 0) is 7.05 Å². The molecule has 0 bridgehead atoms. The van der Waals surface area contributed by atoms with E-state index >= 15 is 0 Å². The molecule has 21 heavy (non-hydrogen) atoms. The number of nitriles is 1. The van der Waals surface area contributed by atoms with Crippen molar-refractivity contribution >= 4 is 6.03 Å². The van der Waals surface area contributed by atoms with Crippen molar-refractivity contribution in [3.8, 4) is 6.19 Å². The number of rotatable bonds is 2. The number of carbonyl (C=O) groups excluding carboxylic acids is 1. The number of hydrogen-bond acceptors (Lipinski definition) is 4. The van der Waals surface area contributed by atoms with E-state index in [9.17, 15) is 4.79 Å². The number of aryl methyl sites for hydroxylation is 1. The van der Waals surface area contributed by atoms with E-state index in [0.717, 1.165) is 24.9 Å². The number of likely N-dealkylation sites (tertiary alicyclic amines) is 2. The first-order chi connectivity index (χ1) is 10.1. The van der Waals surface area contributed by atoms with Crippen LogP contribution in [0.1, 0.15) is 24.3 Å². The Morgan fingerprint density at radius 3 is 2.86 bits per heavy atom. The molecule has 7 heteroatoms. The van der Waals surface area contributed by atoms with Crippen molar-refractivity contribution in [3.05, 3.63) is 18.0 Å². The van der Waals surface area contributed by atoms with Gasteiger partial charge in [0.25, 0.3) is 0 Å². The highest BCUT2D eigenvalue weighted by Crippen LogP contribution is 2.40. The third kappa shape index (κ3) is 2.42. The fourth-order valence-electron chi connectivity index (χ4n) is 3.81. The van der Waals surface area contributed by atoms with Gasteiger partial charge in [-0.2, -0.15) is 10.4 Å². The van der Waals surface area contributed by atoms with Gasteiger partial charge >= 0.3 is 6.03 Å². The minimum atomic E-state index is -0.359. The first-order valence-corrected chi connectivity index (χ1v) is 7.29. The van der Waals surface area contributed by atoms with Crippen LogP contribution in [0.5, 0.6) is 0 Å². The molecule has 3 rings (SSSR count). The fourth-order valence-corrected chi connectivity index (χ4v) is 3.81. The van der Waals surface area contributed by atoms with Crippen molar-refractivity contribution in [2.45, 2.75) is 24.8 Å². The quantitative estimate of drug-likeness (QED) is 0.800. The summed E-state index contributed by atoms with van der Waals surface area (Å²) in [6, 6.07) is -0.285. The van der Waals surface area contributed by atoms with E-state index in [1.54, 1.807) is 14.5 Å². The topological polar surface area (TPSA) is 91.2 Å². The highest BCUT2D eigenvalue weighted by molar-refractivity contribution is 5.73. The maximum Gasteiger partial charge on any atom is 0.315 e. The van der Waals surface area contributed by atoms with Gasteiger partial charge in [0.05, 0.1) is 6.20 Å². The lowest BCUT2D eigenvalue weighted by molar-refractivity contribution is 0.177. The Bertz CT molecular complexity index is 576. The number of urea groups is 1. The zero-order chi connectivity index (χ0) is 15.0. The Balaban J connectivity index is 1.86. The van der Waals surface area contributed by atoms with Crippen LogP contribution in [0, 0.1) is 17.4 Å². The van der Waals surface area contributed by atoms with Crippen LogP contribution in [-0.4, -0.2) is 51.3 Å². The third-order valence-electron chi connectivity index (χ3n) is 4.74. The van der Waals surface area contributed by atoms with E-state index in [0.29, 0.717) is 19.0 Å². The molecule has 2 unspecified atom stereocenters. The highest BCUT2D eigenvalue weighted by Gasteiger charge is 2.44. The van der Waals surface area contributed by atoms with Crippen LogP contribution in [0.2, 0.25) is 0 Å². The van der Waals surface area contributed by atoms with Crippen molar-refractivity contribution in [3.63, 3.8) is 0 Å². The summed E-state index contributed by atoms with van der Waals surface area (Å²) < 4.78 is 1.79. The van der Waals surface area contributed by atoms with Gasteiger partial charge in [0.1, 0.15) is 0 Å². The summed E-state index contributed by atoms with van der Waals surface area (Å²) in [6.07, 6.45) is 7.92. The normalized spacial score (nSPS) is 28.9. The van der Waals surface area contributed by atoms with Crippen LogP contribution in [0.15, 0.2) is 12.4 Å². The zero-order valence-electron chi connectivity index (χ0n) is 12.1. The molecule has 112 valence electrons. The molecule has 0 saturated carbocycles. The molecule has 1 aromatic rings. The van der Waals surface area contributed by atoms with Crippen LogP contribution < -0.4 is 5.73 Å². The van der Waals surface area contributed by atoms with E-state index in [-0.39, 0.29) is 18.0 Å².